The monoisotopic (exact) mass is 507 g/mol. The lowest BCUT2D eigenvalue weighted by molar-refractivity contribution is -0.190. The fourth-order valence-corrected chi connectivity index (χ4v) is 3.73. The van der Waals surface area contributed by atoms with E-state index in [1.54, 1.807) is 0 Å². The third-order valence-corrected chi connectivity index (χ3v) is 5.73. The molecule has 0 bridgehead atoms. The first-order chi connectivity index (χ1) is 18.0. The van der Waals surface area contributed by atoms with E-state index in [1.165, 1.54) is 14.2 Å². The fourth-order valence-electron chi connectivity index (χ4n) is 3.73. The summed E-state index contributed by atoms with van der Waals surface area (Å²) in [5, 5.41) is 0. The minimum absolute atomic E-state index is 0.102. The van der Waals surface area contributed by atoms with Crippen molar-refractivity contribution < 1.29 is 33.3 Å². The summed E-state index contributed by atoms with van der Waals surface area (Å²) in [6.07, 6.45) is -3.45. The number of hydrogen-bond donors (Lipinski definition) is 1. The summed E-state index contributed by atoms with van der Waals surface area (Å²) in [7, 11) is 2.50. The predicted molar refractivity (Wildman–Crippen MR) is 137 cm³/mol. The van der Waals surface area contributed by atoms with Crippen LogP contribution in [-0.2, 0) is 53.1 Å². The van der Waals surface area contributed by atoms with Crippen molar-refractivity contribution in [2.45, 2.75) is 44.2 Å². The van der Waals surface area contributed by atoms with E-state index < -0.39 is 36.3 Å². The van der Waals surface area contributed by atoms with Gasteiger partial charge < -0.3 is 29.4 Å². The zero-order valence-corrected chi connectivity index (χ0v) is 21.0. The van der Waals surface area contributed by atoms with Gasteiger partial charge in [0.25, 0.3) is 0 Å². The number of methoxy groups -OCH3 is 2. The number of carbonyl (C=O) groups is 2. The molecule has 0 saturated heterocycles. The van der Waals surface area contributed by atoms with Crippen LogP contribution < -0.4 is 5.73 Å². The molecular weight excluding hydrogens is 474 g/mol. The van der Waals surface area contributed by atoms with E-state index in [0.717, 1.165) is 16.7 Å². The average Bonchev–Trinajstić information content (AvgIpc) is 2.96. The van der Waals surface area contributed by atoms with Gasteiger partial charge in [0, 0.05) is 0 Å². The van der Waals surface area contributed by atoms with E-state index >= 15 is 0 Å². The quantitative estimate of drug-likeness (QED) is 0.331. The summed E-state index contributed by atoms with van der Waals surface area (Å²) in [6, 6.07) is 26.9. The van der Waals surface area contributed by atoms with Gasteiger partial charge in [0.1, 0.15) is 18.2 Å². The number of benzene rings is 3. The molecule has 0 saturated carbocycles. The third-order valence-electron chi connectivity index (χ3n) is 5.73. The Bertz CT molecular complexity index is 1080. The highest BCUT2D eigenvalue weighted by molar-refractivity contribution is 5.78. The maximum Gasteiger partial charge on any atom is 0.337 e. The molecule has 37 heavy (non-hydrogen) atoms. The summed E-state index contributed by atoms with van der Waals surface area (Å²) < 4.78 is 28.4. The molecular formula is C29H33NO7. The first kappa shape index (κ1) is 28.0. The van der Waals surface area contributed by atoms with Crippen LogP contribution in [0.4, 0.5) is 0 Å². The van der Waals surface area contributed by atoms with Crippen LogP contribution in [0.15, 0.2) is 91.0 Å². The van der Waals surface area contributed by atoms with Crippen molar-refractivity contribution in [2.75, 3.05) is 14.2 Å². The number of carbonyl (C=O) groups excluding carboxylic acids is 2. The number of rotatable bonds is 14. The minimum Gasteiger partial charge on any atom is -0.468 e. The molecule has 0 aliphatic carbocycles. The van der Waals surface area contributed by atoms with Gasteiger partial charge in [0.05, 0.1) is 34.0 Å². The Labute approximate surface area is 217 Å². The smallest absolute Gasteiger partial charge is 0.337 e. The lowest BCUT2D eigenvalue weighted by Crippen LogP contribution is -2.57. The van der Waals surface area contributed by atoms with E-state index in [2.05, 4.69) is 0 Å². The maximum absolute atomic E-state index is 13.0. The van der Waals surface area contributed by atoms with Crippen LogP contribution in [0.1, 0.15) is 16.7 Å². The van der Waals surface area contributed by atoms with Gasteiger partial charge in [-0.25, -0.2) is 4.79 Å². The molecule has 0 radical (unpaired) electrons. The lowest BCUT2D eigenvalue weighted by atomic mass is 10.00. The highest BCUT2D eigenvalue weighted by Crippen LogP contribution is 2.22. The Morgan fingerprint density at radius 3 is 1.38 bits per heavy atom. The lowest BCUT2D eigenvalue weighted by Gasteiger charge is -2.34. The molecule has 3 aromatic carbocycles. The molecule has 0 amide bonds. The van der Waals surface area contributed by atoms with Crippen LogP contribution in [0, 0.1) is 0 Å². The normalized spacial score (nSPS) is 14.2. The van der Waals surface area contributed by atoms with E-state index in [4.69, 9.17) is 29.4 Å². The molecule has 196 valence electrons. The molecule has 0 heterocycles. The molecule has 3 rings (SSSR count). The predicted octanol–water partition coefficient (Wildman–Crippen LogP) is 3.42. The largest absolute Gasteiger partial charge is 0.468 e. The summed E-state index contributed by atoms with van der Waals surface area (Å²) in [6.45, 7) is 0.339. The first-order valence-electron chi connectivity index (χ1n) is 11.9. The van der Waals surface area contributed by atoms with Crippen LogP contribution >= 0.6 is 0 Å². The van der Waals surface area contributed by atoms with Gasteiger partial charge in [0.2, 0.25) is 0 Å². The van der Waals surface area contributed by atoms with Crippen LogP contribution in [-0.4, -0.2) is 50.5 Å². The SMILES string of the molecule is COC(=O)[C@@H](N)[C@@H](OCc1ccccc1)[C@H](OCc1ccccc1)[C@@H](OCc1ccccc1)C(=O)OC. The van der Waals surface area contributed by atoms with Crippen molar-refractivity contribution in [1.82, 2.24) is 0 Å². The number of hydrogen-bond acceptors (Lipinski definition) is 8. The number of esters is 2. The summed E-state index contributed by atoms with van der Waals surface area (Å²) in [5.74, 6) is -1.39. The van der Waals surface area contributed by atoms with Crippen LogP contribution in [0.25, 0.3) is 0 Å². The molecule has 8 nitrogen and oxygen atoms in total. The van der Waals surface area contributed by atoms with E-state index in [1.807, 2.05) is 91.0 Å². The van der Waals surface area contributed by atoms with E-state index in [-0.39, 0.29) is 19.8 Å². The molecule has 0 aromatic heterocycles. The second kappa shape index (κ2) is 14.9. The van der Waals surface area contributed by atoms with Crippen LogP contribution in [0.3, 0.4) is 0 Å². The summed E-state index contributed by atoms with van der Waals surface area (Å²) in [5.41, 5.74) is 8.86. The van der Waals surface area contributed by atoms with Gasteiger partial charge in [0.15, 0.2) is 6.10 Å². The molecule has 2 N–H and O–H groups in total. The van der Waals surface area contributed by atoms with Gasteiger partial charge >= 0.3 is 11.9 Å². The van der Waals surface area contributed by atoms with Crippen molar-refractivity contribution in [3.05, 3.63) is 108 Å². The van der Waals surface area contributed by atoms with Gasteiger partial charge in [-0.2, -0.15) is 0 Å². The zero-order valence-electron chi connectivity index (χ0n) is 21.0. The van der Waals surface area contributed by atoms with Gasteiger partial charge in [-0.05, 0) is 16.7 Å². The maximum atomic E-state index is 13.0. The molecule has 0 unspecified atom stereocenters. The standard InChI is InChI=1S/C29H33NO7/c1-33-28(31)24(30)25(35-18-21-12-6-3-7-13-21)26(36-19-22-14-8-4-9-15-22)27(29(32)34-2)37-20-23-16-10-5-11-17-23/h3-17,24-27H,18-20,30H2,1-2H3/t24-,25+,26-,27+/m0/s1. The van der Waals surface area contributed by atoms with Crippen molar-refractivity contribution >= 4 is 11.9 Å². The Hall–Kier alpha value is -3.56. The van der Waals surface area contributed by atoms with Crippen molar-refractivity contribution in [3.8, 4) is 0 Å². The minimum atomic E-state index is -1.26. The van der Waals surface area contributed by atoms with Gasteiger partial charge in [-0.15, -0.1) is 0 Å². The number of nitrogens with two attached hydrogens (primary N) is 1. The van der Waals surface area contributed by atoms with Crippen LogP contribution in [0.5, 0.6) is 0 Å². The highest BCUT2D eigenvalue weighted by Gasteiger charge is 2.43. The molecule has 0 aliphatic rings. The Morgan fingerprint density at radius 2 is 0.973 bits per heavy atom. The molecule has 0 aliphatic heterocycles. The van der Waals surface area contributed by atoms with E-state index in [0.29, 0.717) is 0 Å². The van der Waals surface area contributed by atoms with Crippen LogP contribution in [0.2, 0.25) is 0 Å². The molecule has 0 spiro atoms. The Kier molecular flexibility index (Phi) is 11.3. The van der Waals surface area contributed by atoms with Crippen molar-refractivity contribution in [1.29, 1.82) is 0 Å². The van der Waals surface area contributed by atoms with Gasteiger partial charge in [-0.1, -0.05) is 91.0 Å². The number of ether oxygens (including phenoxy) is 5. The highest BCUT2D eigenvalue weighted by atomic mass is 16.6. The average molecular weight is 508 g/mol. The second-order valence-corrected chi connectivity index (χ2v) is 8.31. The van der Waals surface area contributed by atoms with Crippen molar-refractivity contribution in [3.63, 3.8) is 0 Å². The topological polar surface area (TPSA) is 106 Å². The Morgan fingerprint density at radius 1 is 0.595 bits per heavy atom. The van der Waals surface area contributed by atoms with Crippen molar-refractivity contribution in [2.24, 2.45) is 5.73 Å². The molecule has 8 heteroatoms. The summed E-state index contributed by atoms with van der Waals surface area (Å²) >= 11 is 0. The van der Waals surface area contributed by atoms with Gasteiger partial charge in [-0.3, -0.25) is 4.79 Å². The Balaban J connectivity index is 1.94. The molecule has 4 atom stereocenters. The molecule has 3 aromatic rings. The first-order valence-corrected chi connectivity index (χ1v) is 11.9. The molecule has 0 fully saturated rings. The zero-order chi connectivity index (χ0) is 26.5. The summed E-state index contributed by atoms with van der Waals surface area (Å²) in [4.78, 5) is 25.5. The fraction of sp³-hybridized carbons (Fsp3) is 0.310. The van der Waals surface area contributed by atoms with E-state index in [9.17, 15) is 9.59 Å². The second-order valence-electron chi connectivity index (χ2n) is 8.31. The third kappa shape index (κ3) is 8.51.